The number of rotatable bonds is 3. The number of hydrogen-bond donors (Lipinski definition) is 1. The molecule has 2 rings (SSSR count). The van der Waals surface area contributed by atoms with Crippen LogP contribution in [-0.4, -0.2) is 7.11 Å². The second-order valence-corrected chi connectivity index (χ2v) is 4.15. The monoisotopic (exact) mass is 301 g/mol. The van der Waals surface area contributed by atoms with E-state index in [1.807, 2.05) is 0 Å². The van der Waals surface area contributed by atoms with Crippen molar-refractivity contribution in [1.82, 2.24) is 0 Å². The fourth-order valence-electron chi connectivity index (χ4n) is 1.66. The summed E-state index contributed by atoms with van der Waals surface area (Å²) in [5.74, 6) is -0.839. The van der Waals surface area contributed by atoms with E-state index >= 15 is 0 Å². The first kappa shape index (κ1) is 15.0. The molecule has 0 fully saturated rings. The second-order valence-electron chi connectivity index (χ2n) is 4.15. The van der Waals surface area contributed by atoms with Gasteiger partial charge in [0.25, 0.3) is 0 Å². The average molecular weight is 301 g/mol. The first-order valence-electron chi connectivity index (χ1n) is 5.79. The molecule has 21 heavy (non-hydrogen) atoms. The molecule has 0 aromatic heterocycles. The minimum absolute atomic E-state index is 0.187. The number of nitrogens with two attached hydrogens (primary N) is 1. The molecule has 2 N–H and O–H groups in total. The molecule has 0 spiro atoms. The molecule has 0 radical (unpaired) electrons. The maximum atomic E-state index is 13.6. The number of benzene rings is 2. The zero-order chi connectivity index (χ0) is 15.6. The molecule has 0 bridgehead atoms. The van der Waals surface area contributed by atoms with Gasteiger partial charge in [0.15, 0.2) is 11.6 Å². The molecule has 0 aliphatic carbocycles. The maximum Gasteiger partial charge on any atom is 0.416 e. The van der Waals surface area contributed by atoms with Crippen molar-refractivity contribution in [3.63, 3.8) is 0 Å². The van der Waals surface area contributed by atoms with Crippen LogP contribution in [0.4, 0.5) is 23.2 Å². The molecule has 0 saturated heterocycles. The molecule has 0 atom stereocenters. The van der Waals surface area contributed by atoms with Crippen molar-refractivity contribution < 1.29 is 27.0 Å². The van der Waals surface area contributed by atoms with Crippen LogP contribution in [0.15, 0.2) is 36.4 Å². The summed E-state index contributed by atoms with van der Waals surface area (Å²) in [5, 5.41) is 0. The van der Waals surface area contributed by atoms with Gasteiger partial charge in [0.05, 0.1) is 18.4 Å². The van der Waals surface area contributed by atoms with E-state index in [-0.39, 0.29) is 17.2 Å². The van der Waals surface area contributed by atoms with Crippen molar-refractivity contribution in [3.05, 3.63) is 47.8 Å². The van der Waals surface area contributed by atoms with Gasteiger partial charge in [-0.25, -0.2) is 4.39 Å². The minimum atomic E-state index is -4.61. The molecule has 2 aromatic rings. The van der Waals surface area contributed by atoms with Crippen molar-refractivity contribution in [3.8, 4) is 17.2 Å². The Morgan fingerprint density at radius 2 is 1.67 bits per heavy atom. The van der Waals surface area contributed by atoms with Crippen LogP contribution in [0.3, 0.4) is 0 Å². The van der Waals surface area contributed by atoms with Crippen LogP contribution >= 0.6 is 0 Å². The van der Waals surface area contributed by atoms with E-state index in [1.54, 1.807) is 0 Å². The molecular weight excluding hydrogens is 290 g/mol. The molecule has 0 amide bonds. The summed E-state index contributed by atoms with van der Waals surface area (Å²) < 4.78 is 61.0. The molecule has 3 nitrogen and oxygen atoms in total. The summed E-state index contributed by atoms with van der Waals surface area (Å²) >= 11 is 0. The van der Waals surface area contributed by atoms with Gasteiger partial charge in [-0.1, -0.05) is 0 Å². The first-order valence-corrected chi connectivity index (χ1v) is 5.79. The normalized spacial score (nSPS) is 11.3. The summed E-state index contributed by atoms with van der Waals surface area (Å²) in [5.41, 5.74) is 4.84. The Kier molecular flexibility index (Phi) is 3.93. The summed E-state index contributed by atoms with van der Waals surface area (Å²) in [7, 11) is 1.43. The van der Waals surface area contributed by atoms with Crippen molar-refractivity contribution in [2.75, 3.05) is 12.8 Å². The first-order chi connectivity index (χ1) is 9.81. The van der Waals surface area contributed by atoms with Crippen LogP contribution in [0.25, 0.3) is 0 Å². The number of ether oxygens (including phenoxy) is 2. The molecular formula is C14H11F4NO2. The molecule has 0 aliphatic heterocycles. The van der Waals surface area contributed by atoms with Crippen LogP contribution in [0, 0.1) is 5.82 Å². The van der Waals surface area contributed by atoms with Crippen LogP contribution in [0.2, 0.25) is 0 Å². The fraction of sp³-hybridized carbons (Fsp3) is 0.143. The highest BCUT2D eigenvalue weighted by Gasteiger charge is 2.31. The van der Waals surface area contributed by atoms with Gasteiger partial charge in [0.2, 0.25) is 0 Å². The van der Waals surface area contributed by atoms with E-state index in [1.165, 1.54) is 25.3 Å². The molecule has 0 saturated carbocycles. The zero-order valence-electron chi connectivity index (χ0n) is 10.9. The number of anilines is 1. The van der Waals surface area contributed by atoms with E-state index in [9.17, 15) is 17.6 Å². The van der Waals surface area contributed by atoms with E-state index < -0.39 is 17.6 Å². The Labute approximate surface area is 117 Å². The van der Waals surface area contributed by atoms with Gasteiger partial charge >= 0.3 is 6.18 Å². The van der Waals surface area contributed by atoms with Crippen molar-refractivity contribution in [2.24, 2.45) is 0 Å². The Morgan fingerprint density at radius 3 is 2.19 bits per heavy atom. The third-order valence-electron chi connectivity index (χ3n) is 2.69. The minimum Gasteiger partial charge on any atom is -0.495 e. The van der Waals surface area contributed by atoms with Crippen LogP contribution in [0.1, 0.15) is 5.56 Å². The van der Waals surface area contributed by atoms with Gasteiger partial charge in [-0.05, 0) is 30.3 Å². The Hall–Kier alpha value is -2.44. The third-order valence-corrected chi connectivity index (χ3v) is 2.69. The quantitative estimate of drug-likeness (QED) is 0.681. The van der Waals surface area contributed by atoms with E-state index in [2.05, 4.69) is 0 Å². The highest BCUT2D eigenvalue weighted by Crippen LogP contribution is 2.34. The van der Waals surface area contributed by atoms with E-state index in [0.29, 0.717) is 11.8 Å². The summed E-state index contributed by atoms with van der Waals surface area (Å²) in [6, 6.07) is 6.39. The largest absolute Gasteiger partial charge is 0.495 e. The average Bonchev–Trinajstić information content (AvgIpc) is 2.40. The molecule has 7 heteroatoms. The van der Waals surface area contributed by atoms with Crippen molar-refractivity contribution in [2.45, 2.75) is 6.18 Å². The standard InChI is InChI=1S/C14H11F4NO2/c1-20-13-5-3-9(7-11(13)19)21-12-4-2-8(6-10(12)15)14(16,17)18/h2-7H,19H2,1H3. The van der Waals surface area contributed by atoms with Gasteiger partial charge in [0.1, 0.15) is 11.5 Å². The van der Waals surface area contributed by atoms with Crippen LogP contribution in [0.5, 0.6) is 17.2 Å². The number of alkyl halides is 3. The fourth-order valence-corrected chi connectivity index (χ4v) is 1.66. The number of hydrogen-bond acceptors (Lipinski definition) is 3. The lowest BCUT2D eigenvalue weighted by molar-refractivity contribution is -0.137. The summed E-state index contributed by atoms with van der Waals surface area (Å²) in [6.07, 6.45) is -4.61. The predicted molar refractivity (Wildman–Crippen MR) is 68.9 cm³/mol. The maximum absolute atomic E-state index is 13.6. The predicted octanol–water partition coefficient (Wildman–Crippen LogP) is 4.23. The van der Waals surface area contributed by atoms with Gasteiger partial charge in [-0.3, -0.25) is 0 Å². The molecule has 2 aromatic carbocycles. The van der Waals surface area contributed by atoms with Gasteiger partial charge < -0.3 is 15.2 Å². The van der Waals surface area contributed by atoms with E-state index in [0.717, 1.165) is 12.1 Å². The Bertz CT molecular complexity index is 656. The lowest BCUT2D eigenvalue weighted by atomic mass is 10.2. The zero-order valence-corrected chi connectivity index (χ0v) is 10.9. The summed E-state index contributed by atoms with van der Waals surface area (Å²) in [6.45, 7) is 0. The van der Waals surface area contributed by atoms with Crippen molar-refractivity contribution >= 4 is 5.69 Å². The molecule has 0 unspecified atom stereocenters. The van der Waals surface area contributed by atoms with Gasteiger partial charge in [0, 0.05) is 6.07 Å². The highest BCUT2D eigenvalue weighted by molar-refractivity contribution is 5.56. The molecule has 0 aliphatic rings. The van der Waals surface area contributed by atoms with Gasteiger partial charge in [-0.15, -0.1) is 0 Å². The number of halogens is 4. The highest BCUT2D eigenvalue weighted by atomic mass is 19.4. The molecule has 0 heterocycles. The third kappa shape index (κ3) is 3.36. The van der Waals surface area contributed by atoms with Crippen molar-refractivity contribution in [1.29, 1.82) is 0 Å². The Morgan fingerprint density at radius 1 is 1.00 bits per heavy atom. The lowest BCUT2D eigenvalue weighted by Crippen LogP contribution is -2.05. The van der Waals surface area contributed by atoms with E-state index in [4.69, 9.17) is 15.2 Å². The number of nitrogen functional groups attached to an aromatic ring is 1. The van der Waals surface area contributed by atoms with Gasteiger partial charge in [-0.2, -0.15) is 13.2 Å². The SMILES string of the molecule is COc1ccc(Oc2ccc(C(F)(F)F)cc2F)cc1N. The topological polar surface area (TPSA) is 44.5 Å². The number of methoxy groups -OCH3 is 1. The van der Waals surface area contributed by atoms with Crippen LogP contribution < -0.4 is 15.2 Å². The summed E-state index contributed by atoms with van der Waals surface area (Å²) in [4.78, 5) is 0. The lowest BCUT2D eigenvalue weighted by Gasteiger charge is -2.11. The molecule has 112 valence electrons. The smallest absolute Gasteiger partial charge is 0.416 e. The second kappa shape index (κ2) is 5.51. The Balaban J connectivity index is 2.26. The van der Waals surface area contributed by atoms with Crippen LogP contribution in [-0.2, 0) is 6.18 Å².